The third-order valence-electron chi connectivity index (χ3n) is 4.99. The standard InChI is InChI=1S/C21H33ClFN3O2.HI/c1-5-24-20(26-9-8-16(13-26)14-28-11-10-27-4)25-15-21(2,3)18-7-6-17(23)12-19(18)22;/h6-7,12,16H,5,8-11,13-15H2,1-4H3,(H,24,25);1H. The predicted octanol–water partition coefficient (Wildman–Crippen LogP) is 4.33. The number of rotatable bonds is 9. The summed E-state index contributed by atoms with van der Waals surface area (Å²) in [5, 5.41) is 3.84. The van der Waals surface area contributed by atoms with Gasteiger partial charge >= 0.3 is 0 Å². The number of benzene rings is 1. The van der Waals surface area contributed by atoms with Crippen LogP contribution >= 0.6 is 35.6 Å². The van der Waals surface area contributed by atoms with Crippen molar-refractivity contribution >= 4 is 41.5 Å². The smallest absolute Gasteiger partial charge is 0.193 e. The Morgan fingerprint density at radius 3 is 2.79 bits per heavy atom. The highest BCUT2D eigenvalue weighted by Gasteiger charge is 2.27. The van der Waals surface area contributed by atoms with Gasteiger partial charge in [0, 0.05) is 43.1 Å². The van der Waals surface area contributed by atoms with Crippen LogP contribution in [0, 0.1) is 11.7 Å². The van der Waals surface area contributed by atoms with Crippen molar-refractivity contribution in [3.05, 3.63) is 34.6 Å². The van der Waals surface area contributed by atoms with Crippen molar-refractivity contribution in [3.8, 4) is 0 Å². The summed E-state index contributed by atoms with van der Waals surface area (Å²) < 4.78 is 24.1. The van der Waals surface area contributed by atoms with Crippen LogP contribution in [0.2, 0.25) is 5.02 Å². The Labute approximate surface area is 196 Å². The van der Waals surface area contributed by atoms with Gasteiger partial charge in [-0.2, -0.15) is 0 Å². The second-order valence-corrected chi connectivity index (χ2v) is 8.25. The van der Waals surface area contributed by atoms with Crippen LogP contribution in [0.4, 0.5) is 4.39 Å². The third-order valence-corrected chi connectivity index (χ3v) is 5.30. The first kappa shape index (κ1) is 26.4. The predicted molar refractivity (Wildman–Crippen MR) is 128 cm³/mol. The Balaban J connectivity index is 0.00000420. The van der Waals surface area contributed by atoms with E-state index in [-0.39, 0.29) is 35.2 Å². The fraction of sp³-hybridized carbons (Fsp3) is 0.667. The average molecular weight is 542 g/mol. The van der Waals surface area contributed by atoms with Crippen LogP contribution in [0.25, 0.3) is 0 Å². The zero-order valence-electron chi connectivity index (χ0n) is 17.8. The minimum Gasteiger partial charge on any atom is -0.382 e. The molecular weight excluding hydrogens is 508 g/mol. The normalized spacial score (nSPS) is 17.4. The van der Waals surface area contributed by atoms with Crippen LogP contribution in [0.3, 0.4) is 0 Å². The van der Waals surface area contributed by atoms with Gasteiger partial charge in [-0.3, -0.25) is 4.99 Å². The van der Waals surface area contributed by atoms with Crippen molar-refractivity contribution in [2.75, 3.05) is 53.1 Å². The molecule has 0 saturated carbocycles. The highest BCUT2D eigenvalue weighted by molar-refractivity contribution is 14.0. The highest BCUT2D eigenvalue weighted by Crippen LogP contribution is 2.31. The van der Waals surface area contributed by atoms with Crippen molar-refractivity contribution in [3.63, 3.8) is 0 Å². The number of nitrogens with one attached hydrogen (secondary N) is 1. The lowest BCUT2D eigenvalue weighted by molar-refractivity contribution is 0.0536. The maximum Gasteiger partial charge on any atom is 0.193 e. The summed E-state index contributed by atoms with van der Waals surface area (Å²) in [5.41, 5.74) is 0.606. The number of guanidine groups is 1. The summed E-state index contributed by atoms with van der Waals surface area (Å²) in [4.78, 5) is 7.16. The molecule has 0 aromatic heterocycles. The topological polar surface area (TPSA) is 46.1 Å². The maximum absolute atomic E-state index is 13.4. The van der Waals surface area contributed by atoms with Crippen molar-refractivity contribution < 1.29 is 13.9 Å². The van der Waals surface area contributed by atoms with Gasteiger partial charge in [0.15, 0.2) is 5.96 Å². The molecule has 29 heavy (non-hydrogen) atoms. The molecule has 0 radical (unpaired) electrons. The second-order valence-electron chi connectivity index (χ2n) is 7.85. The lowest BCUT2D eigenvalue weighted by Crippen LogP contribution is -2.41. The summed E-state index contributed by atoms with van der Waals surface area (Å²) in [6, 6.07) is 4.57. The van der Waals surface area contributed by atoms with Crippen LogP contribution in [-0.2, 0) is 14.9 Å². The first-order chi connectivity index (χ1) is 13.4. The monoisotopic (exact) mass is 541 g/mol. The molecule has 1 aliphatic heterocycles. The van der Waals surface area contributed by atoms with Crippen LogP contribution in [0.1, 0.15) is 32.8 Å². The van der Waals surface area contributed by atoms with E-state index in [1.165, 1.54) is 12.1 Å². The first-order valence-electron chi connectivity index (χ1n) is 9.93. The molecule has 5 nitrogen and oxygen atoms in total. The fourth-order valence-corrected chi connectivity index (χ4v) is 3.80. The Morgan fingerprint density at radius 1 is 1.38 bits per heavy atom. The summed E-state index contributed by atoms with van der Waals surface area (Å²) >= 11 is 6.27. The van der Waals surface area contributed by atoms with E-state index in [9.17, 15) is 4.39 Å². The molecule has 1 aromatic carbocycles. The molecule has 8 heteroatoms. The largest absolute Gasteiger partial charge is 0.382 e. The lowest BCUT2D eigenvalue weighted by atomic mass is 9.84. The molecule has 1 aliphatic rings. The molecule has 0 spiro atoms. The quantitative estimate of drug-likeness (QED) is 0.219. The van der Waals surface area contributed by atoms with Gasteiger partial charge in [-0.15, -0.1) is 24.0 Å². The zero-order chi connectivity index (χ0) is 20.6. The molecule has 2 rings (SSSR count). The fourth-order valence-electron chi connectivity index (χ4n) is 3.38. The Kier molecular flexibility index (Phi) is 11.8. The molecule has 0 aliphatic carbocycles. The van der Waals surface area contributed by atoms with Crippen LogP contribution in [0.15, 0.2) is 23.2 Å². The first-order valence-corrected chi connectivity index (χ1v) is 10.3. The van der Waals surface area contributed by atoms with E-state index >= 15 is 0 Å². The van der Waals surface area contributed by atoms with Gasteiger partial charge in [0.25, 0.3) is 0 Å². The van der Waals surface area contributed by atoms with E-state index in [0.717, 1.165) is 44.2 Å². The van der Waals surface area contributed by atoms with E-state index in [0.29, 0.717) is 30.7 Å². The van der Waals surface area contributed by atoms with Gasteiger partial charge < -0.3 is 19.7 Å². The van der Waals surface area contributed by atoms with Gasteiger partial charge in [-0.25, -0.2) is 4.39 Å². The minimum atomic E-state index is -0.322. The summed E-state index contributed by atoms with van der Waals surface area (Å²) in [6.45, 7) is 11.5. The van der Waals surface area contributed by atoms with Gasteiger partial charge in [0.2, 0.25) is 0 Å². The number of ether oxygens (including phenoxy) is 2. The zero-order valence-corrected chi connectivity index (χ0v) is 20.9. The molecule has 1 aromatic rings. The van der Waals surface area contributed by atoms with Crippen molar-refractivity contribution in [1.82, 2.24) is 10.2 Å². The number of nitrogens with zero attached hydrogens (tertiary/aromatic N) is 2. The SMILES string of the molecule is CCNC(=NCC(C)(C)c1ccc(F)cc1Cl)N1CCC(COCCOC)C1.I. The molecule has 0 amide bonds. The van der Waals surface area contributed by atoms with Gasteiger partial charge in [0.1, 0.15) is 5.82 Å². The van der Waals surface area contributed by atoms with Gasteiger partial charge in [-0.05, 0) is 31.0 Å². The molecule has 1 atom stereocenters. The molecule has 1 fully saturated rings. The average Bonchev–Trinajstić information content (AvgIpc) is 3.10. The third kappa shape index (κ3) is 8.19. The Hall–Kier alpha value is -0.640. The molecular formula is C21H34ClFIN3O2. The summed E-state index contributed by atoms with van der Waals surface area (Å²) in [6.07, 6.45) is 1.09. The van der Waals surface area contributed by atoms with Gasteiger partial charge in [0.05, 0.1) is 26.4 Å². The molecule has 1 saturated heterocycles. The van der Waals surface area contributed by atoms with E-state index in [1.807, 2.05) is 0 Å². The molecule has 1 heterocycles. The maximum atomic E-state index is 13.4. The van der Waals surface area contributed by atoms with E-state index in [1.54, 1.807) is 13.2 Å². The molecule has 1 N–H and O–H groups in total. The number of halogens is 3. The van der Waals surface area contributed by atoms with Crippen molar-refractivity contribution in [2.24, 2.45) is 10.9 Å². The molecule has 166 valence electrons. The molecule has 1 unspecified atom stereocenters. The number of methoxy groups -OCH3 is 1. The number of likely N-dealkylation sites (tertiary alicyclic amines) is 1. The Bertz CT molecular complexity index is 661. The van der Waals surface area contributed by atoms with Crippen LogP contribution < -0.4 is 5.32 Å². The van der Waals surface area contributed by atoms with Crippen molar-refractivity contribution in [1.29, 1.82) is 0 Å². The van der Waals surface area contributed by atoms with E-state index in [4.69, 9.17) is 26.1 Å². The van der Waals surface area contributed by atoms with Crippen LogP contribution in [-0.4, -0.2) is 64.0 Å². The number of hydrogen-bond acceptors (Lipinski definition) is 3. The van der Waals surface area contributed by atoms with E-state index < -0.39 is 0 Å². The highest BCUT2D eigenvalue weighted by atomic mass is 127. The summed E-state index contributed by atoms with van der Waals surface area (Å²) in [7, 11) is 1.68. The van der Waals surface area contributed by atoms with E-state index in [2.05, 4.69) is 31.0 Å². The second kappa shape index (κ2) is 12.9. The van der Waals surface area contributed by atoms with Crippen molar-refractivity contribution in [2.45, 2.75) is 32.6 Å². The number of hydrogen-bond donors (Lipinski definition) is 1. The minimum absolute atomic E-state index is 0. The van der Waals surface area contributed by atoms with Crippen LogP contribution in [0.5, 0.6) is 0 Å². The number of aliphatic imine (C=N–C) groups is 1. The Morgan fingerprint density at radius 2 is 2.14 bits per heavy atom. The molecule has 0 bridgehead atoms. The van der Waals surface area contributed by atoms with Gasteiger partial charge in [-0.1, -0.05) is 31.5 Å². The lowest BCUT2D eigenvalue weighted by Gasteiger charge is -2.27. The summed E-state index contributed by atoms with van der Waals surface area (Å²) in [5.74, 6) is 1.09.